The number of carbonyl (C=O) groups is 3. The molecule has 0 aliphatic heterocycles. The molecule has 9 heteroatoms. The molecule has 35 heavy (non-hydrogen) atoms. The van der Waals surface area contributed by atoms with Gasteiger partial charge in [0.2, 0.25) is 5.91 Å². The van der Waals surface area contributed by atoms with E-state index in [-0.39, 0.29) is 36.9 Å². The lowest BCUT2D eigenvalue weighted by Crippen LogP contribution is -2.37. The highest BCUT2D eigenvalue weighted by atomic mass is 16.5. The van der Waals surface area contributed by atoms with E-state index in [0.717, 1.165) is 22.3 Å². The highest BCUT2D eigenvalue weighted by Crippen LogP contribution is 2.44. The molecule has 1 aliphatic carbocycles. The van der Waals surface area contributed by atoms with Crippen molar-refractivity contribution in [3.63, 3.8) is 0 Å². The van der Waals surface area contributed by atoms with Gasteiger partial charge in [0.05, 0.1) is 0 Å². The van der Waals surface area contributed by atoms with Gasteiger partial charge in [-0.2, -0.15) is 5.10 Å². The molecule has 0 atom stereocenters. The number of hydrogen-bond acceptors (Lipinski definition) is 5. The van der Waals surface area contributed by atoms with Crippen LogP contribution in [0.2, 0.25) is 0 Å². The van der Waals surface area contributed by atoms with Crippen molar-refractivity contribution in [1.82, 2.24) is 15.1 Å². The summed E-state index contributed by atoms with van der Waals surface area (Å²) in [7, 11) is 1.57. The third kappa shape index (κ3) is 5.34. The van der Waals surface area contributed by atoms with E-state index in [1.807, 2.05) is 38.1 Å². The Morgan fingerprint density at radius 2 is 1.66 bits per heavy atom. The van der Waals surface area contributed by atoms with E-state index in [1.165, 1.54) is 10.9 Å². The maximum absolute atomic E-state index is 12.5. The fourth-order valence-electron chi connectivity index (χ4n) is 4.37. The minimum absolute atomic E-state index is 0.00899. The normalized spacial score (nSPS) is 12.5. The van der Waals surface area contributed by atoms with Gasteiger partial charge in [0.25, 0.3) is 0 Å². The van der Waals surface area contributed by atoms with Gasteiger partial charge in [-0.3, -0.25) is 9.48 Å². The van der Waals surface area contributed by atoms with Crippen LogP contribution in [0.1, 0.15) is 47.7 Å². The summed E-state index contributed by atoms with van der Waals surface area (Å²) in [6, 6.07) is 16.2. The molecule has 1 aromatic heterocycles. The number of aryl methyl sites for hydroxylation is 1. The van der Waals surface area contributed by atoms with Crippen LogP contribution < -0.4 is 10.6 Å². The molecule has 1 heterocycles. The number of aromatic carboxylic acids is 1. The van der Waals surface area contributed by atoms with Gasteiger partial charge < -0.3 is 20.5 Å². The maximum Gasteiger partial charge on any atom is 0.407 e. The molecule has 0 fully saturated rings. The van der Waals surface area contributed by atoms with Gasteiger partial charge in [-0.05, 0) is 27.7 Å². The van der Waals surface area contributed by atoms with Crippen LogP contribution in [-0.4, -0.2) is 46.0 Å². The Bertz CT molecular complexity index is 1230. The first-order valence-electron chi connectivity index (χ1n) is 11.3. The van der Waals surface area contributed by atoms with Crippen molar-refractivity contribution in [3.05, 3.63) is 71.4 Å². The summed E-state index contributed by atoms with van der Waals surface area (Å²) < 4.78 is 6.87. The number of carboxylic acids is 1. The molecule has 1 aliphatic rings. The largest absolute Gasteiger partial charge is 0.477 e. The average molecular weight is 477 g/mol. The van der Waals surface area contributed by atoms with Crippen molar-refractivity contribution in [1.29, 1.82) is 0 Å². The highest BCUT2D eigenvalue weighted by Gasteiger charge is 2.30. The van der Waals surface area contributed by atoms with E-state index >= 15 is 0 Å². The Labute approximate surface area is 203 Å². The van der Waals surface area contributed by atoms with Gasteiger partial charge in [0.1, 0.15) is 12.2 Å². The summed E-state index contributed by atoms with van der Waals surface area (Å²) in [6.45, 7) is 4.06. The molecule has 2 amide bonds. The van der Waals surface area contributed by atoms with E-state index in [2.05, 4.69) is 40.0 Å². The number of anilines is 1. The zero-order chi connectivity index (χ0) is 25.2. The summed E-state index contributed by atoms with van der Waals surface area (Å²) in [6.07, 6.45) is 0.812. The fraction of sp³-hybridized carbons (Fsp3) is 0.308. The van der Waals surface area contributed by atoms with Gasteiger partial charge in [-0.25, -0.2) is 9.59 Å². The predicted octanol–water partition coefficient (Wildman–Crippen LogP) is 4.01. The van der Waals surface area contributed by atoms with Crippen molar-refractivity contribution < 1.29 is 24.2 Å². The summed E-state index contributed by atoms with van der Waals surface area (Å²) >= 11 is 0. The van der Waals surface area contributed by atoms with Crippen LogP contribution in [0.5, 0.6) is 0 Å². The number of benzene rings is 2. The van der Waals surface area contributed by atoms with Crippen LogP contribution in [0.3, 0.4) is 0 Å². The number of ether oxygens (including phenoxy) is 1. The zero-order valence-corrected chi connectivity index (χ0v) is 19.9. The van der Waals surface area contributed by atoms with Crippen LogP contribution >= 0.6 is 0 Å². The van der Waals surface area contributed by atoms with Crippen molar-refractivity contribution in [2.75, 3.05) is 18.5 Å². The van der Waals surface area contributed by atoms with E-state index < -0.39 is 23.4 Å². The number of amides is 2. The van der Waals surface area contributed by atoms with Gasteiger partial charge in [0.15, 0.2) is 5.82 Å². The number of nitrogens with one attached hydrogen (secondary N) is 2. The first kappa shape index (κ1) is 24.0. The molecule has 2 aromatic carbocycles. The maximum atomic E-state index is 12.5. The summed E-state index contributed by atoms with van der Waals surface area (Å²) in [4.78, 5) is 36.3. The summed E-state index contributed by atoms with van der Waals surface area (Å²) in [5.74, 6) is -1.62. The van der Waals surface area contributed by atoms with E-state index in [0.29, 0.717) is 0 Å². The molecular weight excluding hydrogens is 448 g/mol. The highest BCUT2D eigenvalue weighted by molar-refractivity contribution is 5.99. The first-order valence-corrected chi connectivity index (χ1v) is 11.3. The molecule has 0 saturated carbocycles. The standard InChI is InChI=1S/C26H28N4O5/c1-26(2,12-22(31)28-23-20(24(32)33)13-30(3)29-23)15-27-25(34)35-14-21-18-10-6-4-8-16(18)17-9-5-7-11-19(17)21/h4-11,13,21H,12,14-15H2,1-3H3,(H,27,34)(H,32,33)(H,28,29,31). The molecule has 0 radical (unpaired) electrons. The van der Waals surface area contributed by atoms with Gasteiger partial charge >= 0.3 is 12.1 Å². The van der Waals surface area contributed by atoms with E-state index in [4.69, 9.17) is 4.74 Å². The van der Waals surface area contributed by atoms with Crippen molar-refractivity contribution in [2.45, 2.75) is 26.2 Å². The number of fused-ring (bicyclic) bond motifs is 3. The monoisotopic (exact) mass is 476 g/mol. The summed E-state index contributed by atoms with van der Waals surface area (Å²) in [5, 5.41) is 18.5. The van der Waals surface area contributed by atoms with Gasteiger partial charge in [0, 0.05) is 32.1 Å². The molecule has 0 spiro atoms. The quantitative estimate of drug-likeness (QED) is 0.451. The van der Waals surface area contributed by atoms with E-state index in [9.17, 15) is 19.5 Å². The zero-order valence-electron chi connectivity index (χ0n) is 19.9. The minimum atomic E-state index is -1.18. The number of nitrogens with zero attached hydrogens (tertiary/aromatic N) is 2. The molecule has 3 N–H and O–H groups in total. The Morgan fingerprint density at radius 3 is 2.26 bits per heavy atom. The average Bonchev–Trinajstić information content (AvgIpc) is 3.33. The lowest BCUT2D eigenvalue weighted by molar-refractivity contribution is -0.118. The van der Waals surface area contributed by atoms with Gasteiger partial charge in [-0.1, -0.05) is 62.4 Å². The van der Waals surface area contributed by atoms with E-state index in [1.54, 1.807) is 7.05 Å². The Balaban J connectivity index is 1.30. The Morgan fingerprint density at radius 1 is 1.06 bits per heavy atom. The molecule has 0 unspecified atom stereocenters. The van der Waals surface area contributed by atoms with Crippen LogP contribution in [0.4, 0.5) is 10.6 Å². The predicted molar refractivity (Wildman–Crippen MR) is 130 cm³/mol. The van der Waals surface area contributed by atoms with Crippen molar-refractivity contribution >= 4 is 23.8 Å². The molecular formula is C26H28N4O5. The smallest absolute Gasteiger partial charge is 0.407 e. The second kappa shape index (κ2) is 9.61. The SMILES string of the molecule is Cn1cc(C(=O)O)c(NC(=O)CC(C)(C)CNC(=O)OCC2c3ccccc3-c3ccccc32)n1. The number of rotatable bonds is 8. The lowest BCUT2D eigenvalue weighted by Gasteiger charge is -2.24. The second-order valence-electron chi connectivity index (χ2n) is 9.44. The number of aromatic nitrogens is 2. The lowest BCUT2D eigenvalue weighted by atomic mass is 9.89. The van der Waals surface area contributed by atoms with Crippen molar-refractivity contribution in [2.24, 2.45) is 12.5 Å². The molecule has 9 nitrogen and oxygen atoms in total. The topological polar surface area (TPSA) is 123 Å². The van der Waals surface area contributed by atoms with Crippen LogP contribution in [0.15, 0.2) is 54.7 Å². The van der Waals surface area contributed by atoms with Crippen molar-refractivity contribution in [3.8, 4) is 11.1 Å². The minimum Gasteiger partial charge on any atom is -0.477 e. The van der Waals surface area contributed by atoms with Crippen LogP contribution in [-0.2, 0) is 16.6 Å². The third-order valence-electron chi connectivity index (χ3n) is 6.01. The molecule has 3 aromatic rings. The summed E-state index contributed by atoms with van der Waals surface area (Å²) in [5.41, 5.74) is 3.89. The number of hydrogen-bond donors (Lipinski definition) is 3. The Kier molecular flexibility index (Phi) is 6.59. The third-order valence-corrected chi connectivity index (χ3v) is 6.01. The molecule has 0 bridgehead atoms. The molecule has 4 rings (SSSR count). The second-order valence-corrected chi connectivity index (χ2v) is 9.44. The Hall–Kier alpha value is -4.14. The van der Waals surface area contributed by atoms with Crippen LogP contribution in [0.25, 0.3) is 11.1 Å². The van der Waals surface area contributed by atoms with Crippen LogP contribution in [0, 0.1) is 5.41 Å². The molecule has 182 valence electrons. The number of carboxylic acid groups (broad SMARTS) is 1. The fourth-order valence-corrected chi connectivity index (χ4v) is 4.37. The number of carbonyl (C=O) groups excluding carboxylic acids is 2. The molecule has 0 saturated heterocycles. The first-order chi connectivity index (χ1) is 16.6. The number of alkyl carbamates (subject to hydrolysis) is 1. The van der Waals surface area contributed by atoms with Gasteiger partial charge in [-0.15, -0.1) is 0 Å².